The summed E-state index contributed by atoms with van der Waals surface area (Å²) >= 11 is 9.92. The third-order valence-corrected chi connectivity index (χ3v) is 4.78. The molecule has 1 atom stereocenters. The Morgan fingerprint density at radius 2 is 1.81 bits per heavy atom. The standard InChI is InChI=1S/C19H26BrCl/c1-4-15(2)7-5-8-16(3)9-6-10-19(21)17-11-13-18(20)14-12-17/h4,8,11-14,19H,5-7,9-10H2,1-3H3/b15-4+,16-8+. The quantitative estimate of drug-likeness (QED) is 0.327. The number of hydrogen-bond acceptors (Lipinski definition) is 0. The van der Waals surface area contributed by atoms with Crippen molar-refractivity contribution in [3.05, 3.63) is 57.6 Å². The van der Waals surface area contributed by atoms with E-state index in [1.54, 1.807) is 0 Å². The molecule has 0 spiro atoms. The third-order valence-electron chi connectivity index (χ3n) is 3.78. The average Bonchev–Trinajstić information content (AvgIpc) is 2.47. The van der Waals surface area contributed by atoms with E-state index < -0.39 is 0 Å². The number of hydrogen-bond donors (Lipinski definition) is 0. The molecule has 0 heterocycles. The van der Waals surface area contributed by atoms with Crippen LogP contribution >= 0.6 is 27.5 Å². The Hall–Kier alpha value is -0.530. The zero-order valence-corrected chi connectivity index (χ0v) is 15.7. The maximum Gasteiger partial charge on any atom is 0.0585 e. The summed E-state index contributed by atoms with van der Waals surface area (Å²) in [4.78, 5) is 0. The van der Waals surface area contributed by atoms with Crippen molar-refractivity contribution in [2.45, 2.75) is 58.3 Å². The Morgan fingerprint density at radius 1 is 1.14 bits per heavy atom. The van der Waals surface area contributed by atoms with Crippen molar-refractivity contribution in [1.29, 1.82) is 0 Å². The molecule has 1 aromatic rings. The lowest BCUT2D eigenvalue weighted by Gasteiger charge is -2.10. The van der Waals surface area contributed by atoms with E-state index >= 15 is 0 Å². The van der Waals surface area contributed by atoms with E-state index in [4.69, 9.17) is 11.6 Å². The van der Waals surface area contributed by atoms with Crippen LogP contribution in [0.1, 0.15) is 63.8 Å². The van der Waals surface area contributed by atoms with Gasteiger partial charge in [0.25, 0.3) is 0 Å². The van der Waals surface area contributed by atoms with Crippen LogP contribution in [0.5, 0.6) is 0 Å². The fourth-order valence-electron chi connectivity index (χ4n) is 2.19. The van der Waals surface area contributed by atoms with E-state index in [-0.39, 0.29) is 5.38 Å². The van der Waals surface area contributed by atoms with Crippen LogP contribution in [-0.2, 0) is 0 Å². The molecule has 2 heteroatoms. The van der Waals surface area contributed by atoms with Crippen molar-refractivity contribution >= 4 is 27.5 Å². The fraction of sp³-hybridized carbons (Fsp3) is 0.474. The number of halogens is 2. The molecule has 1 aromatic carbocycles. The smallest absolute Gasteiger partial charge is 0.0585 e. The largest absolute Gasteiger partial charge is 0.118 e. The Balaban J connectivity index is 2.29. The van der Waals surface area contributed by atoms with Crippen LogP contribution in [0.3, 0.4) is 0 Å². The highest BCUT2D eigenvalue weighted by atomic mass is 79.9. The molecule has 0 nitrogen and oxygen atoms in total. The molecule has 0 amide bonds. The van der Waals surface area contributed by atoms with Gasteiger partial charge in [-0.3, -0.25) is 0 Å². The molecule has 116 valence electrons. The lowest BCUT2D eigenvalue weighted by Crippen LogP contribution is -1.91. The SMILES string of the molecule is C/C=C(\C)CC/C=C(\C)CCCC(Cl)c1ccc(Br)cc1. The molecule has 0 saturated heterocycles. The predicted molar refractivity (Wildman–Crippen MR) is 99.0 cm³/mol. The van der Waals surface area contributed by atoms with Gasteiger partial charge in [-0.15, -0.1) is 11.6 Å². The van der Waals surface area contributed by atoms with Gasteiger partial charge in [-0.1, -0.05) is 51.4 Å². The van der Waals surface area contributed by atoms with Gasteiger partial charge in [0.2, 0.25) is 0 Å². The lowest BCUT2D eigenvalue weighted by molar-refractivity contribution is 0.709. The Labute approximate surface area is 143 Å². The van der Waals surface area contributed by atoms with E-state index in [9.17, 15) is 0 Å². The summed E-state index contributed by atoms with van der Waals surface area (Å²) < 4.78 is 1.10. The summed E-state index contributed by atoms with van der Waals surface area (Å²) in [6.45, 7) is 6.53. The highest BCUT2D eigenvalue weighted by Gasteiger charge is 2.07. The summed E-state index contributed by atoms with van der Waals surface area (Å²) in [6, 6.07) is 8.31. The van der Waals surface area contributed by atoms with Crippen molar-refractivity contribution in [2.24, 2.45) is 0 Å². The molecular formula is C19H26BrCl. The zero-order valence-electron chi connectivity index (χ0n) is 13.3. The predicted octanol–water partition coefficient (Wildman–Crippen LogP) is 7.59. The lowest BCUT2D eigenvalue weighted by atomic mass is 10.0. The van der Waals surface area contributed by atoms with Gasteiger partial charge < -0.3 is 0 Å². The molecule has 0 aliphatic rings. The molecule has 0 aliphatic carbocycles. The second kappa shape index (κ2) is 10.2. The molecule has 1 rings (SSSR count). The Morgan fingerprint density at radius 3 is 2.43 bits per heavy atom. The van der Waals surface area contributed by atoms with Crippen molar-refractivity contribution in [2.75, 3.05) is 0 Å². The van der Waals surface area contributed by atoms with Gasteiger partial charge >= 0.3 is 0 Å². The maximum atomic E-state index is 6.46. The molecule has 0 aromatic heterocycles. The van der Waals surface area contributed by atoms with Gasteiger partial charge in [0.1, 0.15) is 0 Å². The fourth-order valence-corrected chi connectivity index (χ4v) is 2.76. The first-order valence-corrected chi connectivity index (χ1v) is 8.92. The average molecular weight is 370 g/mol. The highest BCUT2D eigenvalue weighted by Crippen LogP contribution is 2.28. The first kappa shape index (κ1) is 18.5. The van der Waals surface area contributed by atoms with Gasteiger partial charge in [0.15, 0.2) is 0 Å². The minimum absolute atomic E-state index is 0.121. The molecule has 0 radical (unpaired) electrons. The minimum Gasteiger partial charge on any atom is -0.118 e. The van der Waals surface area contributed by atoms with Crippen molar-refractivity contribution in [3.8, 4) is 0 Å². The number of alkyl halides is 1. The Kier molecular flexibility index (Phi) is 9.03. The number of benzene rings is 1. The molecular weight excluding hydrogens is 344 g/mol. The first-order chi connectivity index (χ1) is 10.0. The first-order valence-electron chi connectivity index (χ1n) is 7.70. The van der Waals surface area contributed by atoms with E-state index in [2.05, 4.69) is 73.1 Å². The molecule has 0 fully saturated rings. The van der Waals surface area contributed by atoms with E-state index in [1.165, 1.54) is 23.1 Å². The van der Waals surface area contributed by atoms with Crippen molar-refractivity contribution in [3.63, 3.8) is 0 Å². The molecule has 0 aliphatic heterocycles. The van der Waals surface area contributed by atoms with Gasteiger partial charge in [0, 0.05) is 4.47 Å². The molecule has 0 N–H and O–H groups in total. The second-order valence-corrected chi connectivity index (χ2v) is 7.08. The summed E-state index contributed by atoms with van der Waals surface area (Å²) in [5.41, 5.74) is 4.17. The van der Waals surface area contributed by atoms with Crippen molar-refractivity contribution in [1.82, 2.24) is 0 Å². The maximum absolute atomic E-state index is 6.46. The summed E-state index contributed by atoms with van der Waals surface area (Å²) in [5.74, 6) is 0. The van der Waals surface area contributed by atoms with Gasteiger partial charge in [0.05, 0.1) is 5.38 Å². The summed E-state index contributed by atoms with van der Waals surface area (Å²) in [5, 5.41) is 0.121. The van der Waals surface area contributed by atoms with Gasteiger partial charge in [-0.25, -0.2) is 0 Å². The van der Waals surface area contributed by atoms with E-state index in [1.807, 2.05) is 0 Å². The van der Waals surface area contributed by atoms with Crippen molar-refractivity contribution < 1.29 is 0 Å². The highest BCUT2D eigenvalue weighted by molar-refractivity contribution is 9.10. The molecule has 21 heavy (non-hydrogen) atoms. The second-order valence-electron chi connectivity index (χ2n) is 5.64. The van der Waals surface area contributed by atoms with E-state index in [0.717, 1.165) is 30.2 Å². The van der Waals surface area contributed by atoms with Gasteiger partial charge in [-0.2, -0.15) is 0 Å². The molecule has 0 saturated carbocycles. The van der Waals surface area contributed by atoms with Gasteiger partial charge in [-0.05, 0) is 70.6 Å². The van der Waals surface area contributed by atoms with Crippen LogP contribution in [0.15, 0.2) is 52.0 Å². The third kappa shape index (κ3) is 7.87. The van der Waals surface area contributed by atoms with Crippen LogP contribution in [0.2, 0.25) is 0 Å². The van der Waals surface area contributed by atoms with Crippen LogP contribution < -0.4 is 0 Å². The number of rotatable bonds is 8. The van der Waals surface area contributed by atoms with Crippen LogP contribution in [0.25, 0.3) is 0 Å². The molecule has 1 unspecified atom stereocenters. The molecule has 0 bridgehead atoms. The summed E-state index contributed by atoms with van der Waals surface area (Å²) in [7, 11) is 0. The monoisotopic (exact) mass is 368 g/mol. The van der Waals surface area contributed by atoms with Crippen LogP contribution in [-0.4, -0.2) is 0 Å². The number of allylic oxidation sites excluding steroid dienone is 4. The Bertz CT molecular complexity index is 471. The van der Waals surface area contributed by atoms with E-state index in [0.29, 0.717) is 0 Å². The zero-order chi connectivity index (χ0) is 15.7. The summed E-state index contributed by atoms with van der Waals surface area (Å²) in [6.07, 6.45) is 10.2. The van der Waals surface area contributed by atoms with Crippen LogP contribution in [0, 0.1) is 0 Å². The van der Waals surface area contributed by atoms with Crippen LogP contribution in [0.4, 0.5) is 0 Å². The minimum atomic E-state index is 0.121. The normalized spacial score (nSPS) is 14.3. The topological polar surface area (TPSA) is 0 Å².